The van der Waals surface area contributed by atoms with E-state index in [1.54, 1.807) is 23.5 Å². The van der Waals surface area contributed by atoms with Crippen molar-refractivity contribution in [1.82, 2.24) is 10.6 Å². The second-order valence-electron chi connectivity index (χ2n) is 6.55. The summed E-state index contributed by atoms with van der Waals surface area (Å²) in [5, 5.41) is 24.9. The SMILES string of the molecule is O=C(NCCSCCN=CS(=O)CSCSC(=O)NCCSCCN=COOCSCSCO)OCSCSCO. The van der Waals surface area contributed by atoms with E-state index in [2.05, 4.69) is 20.6 Å². The molecule has 2 amide bonds. The Bertz CT molecular complexity index is 718. The summed E-state index contributed by atoms with van der Waals surface area (Å²) in [5.41, 5.74) is 1.44. The zero-order valence-electron chi connectivity index (χ0n) is 22.4. The third kappa shape index (κ3) is 35.1. The van der Waals surface area contributed by atoms with E-state index in [1.165, 1.54) is 70.8 Å². The minimum absolute atomic E-state index is 0.0529. The highest BCUT2D eigenvalue weighted by Crippen LogP contribution is 2.14. The Kier molecular flexibility index (Phi) is 35.8. The fourth-order valence-corrected chi connectivity index (χ4v) is 8.69. The van der Waals surface area contributed by atoms with Crippen LogP contribution in [-0.4, -0.2) is 131 Å². The molecular weight excluding hydrogens is 713 g/mol. The second-order valence-corrected chi connectivity index (χ2v) is 17.4. The van der Waals surface area contributed by atoms with E-state index >= 15 is 0 Å². The first-order valence-electron chi connectivity index (χ1n) is 11.8. The number of aliphatic hydroxyl groups excluding tert-OH is 2. The van der Waals surface area contributed by atoms with Crippen LogP contribution in [0.4, 0.5) is 9.59 Å². The summed E-state index contributed by atoms with van der Waals surface area (Å²) < 4.78 is 17.0. The summed E-state index contributed by atoms with van der Waals surface area (Å²) in [6, 6.07) is 0. The fourth-order valence-electron chi connectivity index (χ4n) is 1.90. The molecule has 0 rings (SSSR count). The van der Waals surface area contributed by atoms with Gasteiger partial charge >= 0.3 is 6.09 Å². The molecule has 0 aliphatic heterocycles. The van der Waals surface area contributed by atoms with E-state index in [0.29, 0.717) is 47.4 Å². The number of hydrogen-bond donors (Lipinski definition) is 4. The molecule has 0 aromatic rings. The number of aliphatic hydroxyl groups is 2. The Hall–Kier alpha value is 0.710. The predicted octanol–water partition coefficient (Wildman–Crippen LogP) is 3.69. The van der Waals surface area contributed by atoms with E-state index in [-0.39, 0.29) is 23.1 Å². The van der Waals surface area contributed by atoms with Crippen molar-refractivity contribution in [3.8, 4) is 0 Å². The number of amides is 2. The zero-order valence-corrected chi connectivity index (χ0v) is 29.7. The van der Waals surface area contributed by atoms with Crippen LogP contribution in [0.2, 0.25) is 0 Å². The van der Waals surface area contributed by atoms with E-state index in [0.717, 1.165) is 39.9 Å². The van der Waals surface area contributed by atoms with Crippen molar-refractivity contribution < 1.29 is 38.5 Å². The quantitative estimate of drug-likeness (QED) is 0.0218. The number of thioether (sulfide) groups is 8. The third-order valence-electron chi connectivity index (χ3n) is 3.53. The maximum Gasteiger partial charge on any atom is 0.407 e. The predicted molar refractivity (Wildman–Crippen MR) is 188 cm³/mol. The monoisotopic (exact) mass is 750 g/mol. The molecule has 0 bridgehead atoms. The van der Waals surface area contributed by atoms with Gasteiger partial charge in [-0.25, -0.2) is 4.79 Å². The van der Waals surface area contributed by atoms with Crippen molar-refractivity contribution in [3.63, 3.8) is 0 Å². The molecule has 0 aliphatic carbocycles. The standard InChI is InChI=1S/C20H38N4O8S9/c25-11-35-15-37-13-30-19(27)23-3-7-34-6-2-22-10-41(29)18-39-17-40-20(28)24-4-8-33-5-1-21-9-31-32-14-38-16-36-12-26/h9-10,25-26H,1-8,11-18H2,(H,23,27)(H,24,28). The Morgan fingerprint density at radius 2 is 1.44 bits per heavy atom. The Morgan fingerprint density at radius 3 is 2.15 bits per heavy atom. The lowest BCUT2D eigenvalue weighted by atomic mass is 10.7. The number of alkyl carbamates (subject to hydrolysis) is 1. The molecule has 1 unspecified atom stereocenters. The molecule has 0 aliphatic rings. The van der Waals surface area contributed by atoms with Gasteiger partial charge in [-0.3, -0.25) is 19.0 Å². The van der Waals surface area contributed by atoms with Crippen molar-refractivity contribution >= 4 is 128 Å². The molecule has 21 heteroatoms. The molecule has 0 saturated carbocycles. The fraction of sp³-hybridized carbons (Fsp3) is 0.800. The van der Waals surface area contributed by atoms with Crippen LogP contribution >= 0.6 is 94.1 Å². The lowest BCUT2D eigenvalue weighted by Crippen LogP contribution is -2.26. The van der Waals surface area contributed by atoms with Crippen molar-refractivity contribution in [2.45, 2.75) is 0 Å². The summed E-state index contributed by atoms with van der Waals surface area (Å²) in [6.07, 6.45) is 0.808. The average molecular weight is 751 g/mol. The van der Waals surface area contributed by atoms with Crippen molar-refractivity contribution in [1.29, 1.82) is 0 Å². The molecule has 0 aromatic heterocycles. The highest BCUT2D eigenvalue weighted by atomic mass is 32.2. The van der Waals surface area contributed by atoms with Crippen molar-refractivity contribution in [2.24, 2.45) is 9.98 Å². The lowest BCUT2D eigenvalue weighted by Gasteiger charge is -2.06. The molecule has 0 fully saturated rings. The average Bonchev–Trinajstić information content (AvgIpc) is 2.96. The van der Waals surface area contributed by atoms with Gasteiger partial charge in [-0.15, -0.1) is 58.8 Å². The number of carbonyl (C=O) groups is 2. The Balaban J connectivity index is 3.45. The lowest BCUT2D eigenvalue weighted by molar-refractivity contribution is -0.196. The molecule has 240 valence electrons. The normalized spacial score (nSPS) is 12.1. The molecule has 12 nitrogen and oxygen atoms in total. The van der Waals surface area contributed by atoms with Crippen LogP contribution in [0.1, 0.15) is 0 Å². The van der Waals surface area contributed by atoms with Gasteiger partial charge in [-0.05, 0) is 0 Å². The largest absolute Gasteiger partial charge is 0.438 e. The summed E-state index contributed by atoms with van der Waals surface area (Å²) in [4.78, 5) is 41.2. The summed E-state index contributed by atoms with van der Waals surface area (Å²) >= 11 is 11.5. The first-order chi connectivity index (χ1) is 20.1. The van der Waals surface area contributed by atoms with Crippen LogP contribution in [0.5, 0.6) is 0 Å². The van der Waals surface area contributed by atoms with Crippen LogP contribution < -0.4 is 10.6 Å². The summed E-state index contributed by atoms with van der Waals surface area (Å²) in [7, 11) is -1.19. The van der Waals surface area contributed by atoms with E-state index in [1.807, 2.05) is 0 Å². The molecule has 0 spiro atoms. The zero-order chi connectivity index (χ0) is 30.1. The van der Waals surface area contributed by atoms with Gasteiger partial charge in [0.1, 0.15) is 11.9 Å². The molecule has 4 N–H and O–H groups in total. The topological polar surface area (TPSA) is 168 Å². The van der Waals surface area contributed by atoms with Crippen molar-refractivity contribution in [2.75, 3.05) is 93.3 Å². The number of hydrogen-bond acceptors (Lipinski definition) is 18. The van der Waals surface area contributed by atoms with Gasteiger partial charge in [0.05, 0.1) is 39.9 Å². The smallest absolute Gasteiger partial charge is 0.407 e. The van der Waals surface area contributed by atoms with Crippen LogP contribution in [0.3, 0.4) is 0 Å². The molecule has 0 radical (unpaired) electrons. The van der Waals surface area contributed by atoms with E-state index < -0.39 is 16.9 Å². The van der Waals surface area contributed by atoms with Crippen LogP contribution in [0.15, 0.2) is 9.98 Å². The van der Waals surface area contributed by atoms with Crippen LogP contribution in [-0.2, 0) is 25.3 Å². The van der Waals surface area contributed by atoms with E-state index in [4.69, 9.17) is 24.7 Å². The van der Waals surface area contributed by atoms with Gasteiger partial charge in [0.2, 0.25) is 6.40 Å². The van der Waals surface area contributed by atoms with Gasteiger partial charge in [0, 0.05) is 57.9 Å². The Morgan fingerprint density at radius 1 is 0.780 bits per heavy atom. The van der Waals surface area contributed by atoms with Gasteiger partial charge in [-0.2, -0.15) is 28.4 Å². The molecule has 0 saturated heterocycles. The van der Waals surface area contributed by atoms with Gasteiger partial charge in [0.15, 0.2) is 0 Å². The summed E-state index contributed by atoms with van der Waals surface area (Å²) in [5.74, 6) is 3.81. The number of rotatable bonds is 29. The molecule has 1 atom stereocenters. The number of nitrogens with one attached hydrogen (secondary N) is 2. The number of aliphatic imine (C=N–C) groups is 2. The van der Waals surface area contributed by atoms with Gasteiger partial charge in [0.25, 0.3) is 5.24 Å². The van der Waals surface area contributed by atoms with Gasteiger partial charge in [-0.1, -0.05) is 11.8 Å². The maximum atomic E-state index is 12.0. The third-order valence-corrected chi connectivity index (χ3v) is 12.6. The van der Waals surface area contributed by atoms with Crippen molar-refractivity contribution in [3.05, 3.63) is 0 Å². The van der Waals surface area contributed by atoms with Gasteiger partial charge < -0.3 is 30.5 Å². The highest BCUT2D eigenvalue weighted by Gasteiger charge is 2.03. The first-order valence-corrected chi connectivity index (χ1v) is 22.3. The number of ether oxygens (including phenoxy) is 1. The number of carbonyl (C=O) groups excluding carboxylic acids is 2. The minimum atomic E-state index is -1.19. The maximum absolute atomic E-state index is 12.0. The molecule has 41 heavy (non-hydrogen) atoms. The van der Waals surface area contributed by atoms with Crippen LogP contribution in [0.25, 0.3) is 0 Å². The van der Waals surface area contributed by atoms with Crippen LogP contribution in [0, 0.1) is 0 Å². The molecule has 0 aromatic carbocycles. The molecule has 0 heterocycles. The highest BCUT2D eigenvalue weighted by molar-refractivity contribution is 8.27. The second kappa shape index (κ2) is 35.2. The van der Waals surface area contributed by atoms with E-state index in [9.17, 15) is 13.8 Å². The minimum Gasteiger partial charge on any atom is -0.438 e. The number of nitrogens with zero attached hydrogens (tertiary/aromatic N) is 2. The Labute approximate surface area is 278 Å². The summed E-state index contributed by atoms with van der Waals surface area (Å²) in [6.45, 7) is 2.18. The molecular formula is C20H38N4O8S9. The first kappa shape index (κ1) is 41.7.